The molecule has 17 nitrogen and oxygen atoms in total. The molecule has 0 aliphatic carbocycles. The number of hydrogen-bond donors (Lipinski definition) is 7. The molecule has 4 aromatic rings. The summed E-state index contributed by atoms with van der Waals surface area (Å²) in [6.07, 6.45) is 0. The lowest BCUT2D eigenvalue weighted by molar-refractivity contribution is 0.100. The van der Waals surface area contributed by atoms with Crippen molar-refractivity contribution in [3.05, 3.63) is 142 Å². The normalized spacial score (nSPS) is 16.0. The van der Waals surface area contributed by atoms with Gasteiger partial charge in [-0.1, -0.05) is 66.4 Å². The van der Waals surface area contributed by atoms with Crippen molar-refractivity contribution in [2.24, 2.45) is 27.2 Å². The van der Waals surface area contributed by atoms with Crippen LogP contribution in [0.25, 0.3) is 0 Å². The Morgan fingerprint density at radius 2 is 1.29 bits per heavy atom. The van der Waals surface area contributed by atoms with Gasteiger partial charge in [0.1, 0.15) is 40.4 Å². The number of carbonyl (C=O) groups excluding carboxylic acids is 1. The van der Waals surface area contributed by atoms with Crippen molar-refractivity contribution in [1.29, 1.82) is 0 Å². The Kier molecular flexibility index (Phi) is 30.1. The second kappa shape index (κ2) is 31.3. The van der Waals surface area contributed by atoms with E-state index in [-0.39, 0.29) is 47.7 Å². The fraction of sp³-hybridized carbons (Fsp3) is 0.364. The molecule has 1 heterocycles. The molecule has 73 heavy (non-hydrogen) atoms. The largest absolute Gasteiger partial charge is 0.397 e. The standard InChI is InChI=1S/C11H15F2N3O2S2.C11H13F2N3O2S.C10H14F2N2O2S.C8H5NOS.C2H6O.CH3I.CH4/c1-11(16-10(14)19,6-20(17,18)15-2)8-4-3-7(12)5-9(8)13;1-11(8-4-3-7(12)5-9(8)13)6-19(17,18)16(2)10(14)15-11;1-10(13,6-17(15,16)14-2)8-4-3-7(11)5-9(8)12;10-8(9-6-11)7-4-2-1-3-5-7;1-2-3;1-2;/h3-5,15H,6H2,1-2H3,(H3,14,16,19);3-5H,6H2,1-2H3,(H2,14,15);3-5,14H,6,13H2,1-2H3;1-5H;3H,2H2,1H3;1H3;1H4/t2*11-;10-;;;;/m000..../s1. The molecule has 0 bridgehead atoms. The number of aliphatic imine (C=N–C) groups is 2. The SMILES string of the molecule is C.CCO.CI.CN1C(N)=N[C@](C)(c2ccc(F)cc2F)CS1(=O)=O.CNS(=O)(=O)C[C@](C)(N)c1ccc(F)cc1F.CNS(=O)(=O)C[C@](C)(NC(N)=S)c1ccc(F)cc1F.O=C(N=C=S)c1ccccc1. The van der Waals surface area contributed by atoms with Crippen LogP contribution in [0.2, 0.25) is 0 Å². The van der Waals surface area contributed by atoms with Gasteiger partial charge in [-0.05, 0) is 101 Å². The number of rotatable bonds is 11. The van der Waals surface area contributed by atoms with Gasteiger partial charge < -0.3 is 27.6 Å². The van der Waals surface area contributed by atoms with Crippen molar-refractivity contribution in [2.45, 2.75) is 51.7 Å². The number of sulfonamides is 3. The zero-order chi connectivity index (χ0) is 56.1. The summed E-state index contributed by atoms with van der Waals surface area (Å²) in [5, 5.41) is 12.0. The molecular formula is C44H60F6IN9O8S5. The number of amides is 1. The highest BCUT2D eigenvalue weighted by molar-refractivity contribution is 14.1. The summed E-state index contributed by atoms with van der Waals surface area (Å²) in [6, 6.07) is 17.4. The van der Waals surface area contributed by atoms with Gasteiger partial charge in [-0.2, -0.15) is 4.99 Å². The average molecular weight is 1240 g/mol. The summed E-state index contributed by atoms with van der Waals surface area (Å²) in [5.41, 5.74) is 12.9. The second-order valence-corrected chi connectivity index (χ2v) is 21.7. The maximum absolute atomic E-state index is 13.9. The Hall–Kier alpha value is -4.69. The van der Waals surface area contributed by atoms with Crippen molar-refractivity contribution in [1.82, 2.24) is 19.1 Å². The number of guanidine groups is 1. The summed E-state index contributed by atoms with van der Waals surface area (Å²) in [5.74, 6) is -6.84. The van der Waals surface area contributed by atoms with E-state index >= 15 is 0 Å². The van der Waals surface area contributed by atoms with Crippen LogP contribution in [0, 0.1) is 34.9 Å². The van der Waals surface area contributed by atoms with Gasteiger partial charge in [0, 0.05) is 54.1 Å². The minimum absolute atomic E-state index is 0. The van der Waals surface area contributed by atoms with Crippen LogP contribution in [0.4, 0.5) is 26.3 Å². The van der Waals surface area contributed by atoms with Gasteiger partial charge in [0.15, 0.2) is 5.11 Å². The van der Waals surface area contributed by atoms with Gasteiger partial charge in [-0.3, -0.25) is 4.79 Å². The molecular weight excluding hydrogens is 1180 g/mol. The third-order valence-electron chi connectivity index (χ3n) is 9.31. The van der Waals surface area contributed by atoms with E-state index in [1.54, 1.807) is 31.2 Å². The molecule has 0 saturated carbocycles. The Morgan fingerprint density at radius 3 is 1.68 bits per heavy atom. The third kappa shape index (κ3) is 23.2. The van der Waals surface area contributed by atoms with Crippen LogP contribution in [-0.2, 0) is 46.7 Å². The highest BCUT2D eigenvalue weighted by Gasteiger charge is 2.42. The number of aliphatic hydroxyl groups excluding tert-OH is 1. The molecule has 0 saturated heterocycles. The highest BCUT2D eigenvalue weighted by Crippen LogP contribution is 2.33. The Morgan fingerprint density at radius 1 is 0.863 bits per heavy atom. The maximum atomic E-state index is 13.9. The summed E-state index contributed by atoms with van der Waals surface area (Å²) >= 11 is 11.1. The fourth-order valence-electron chi connectivity index (χ4n) is 6.04. The summed E-state index contributed by atoms with van der Waals surface area (Å²) < 4.78 is 155. The number of hydrogen-bond acceptors (Lipinski definition) is 13. The van der Waals surface area contributed by atoms with Gasteiger partial charge in [-0.25, -0.2) is 70.3 Å². The van der Waals surface area contributed by atoms with E-state index in [1.807, 2.05) is 16.2 Å². The maximum Gasteiger partial charge on any atom is 0.285 e. The fourth-order valence-corrected chi connectivity index (χ4v) is 10.0. The van der Waals surface area contributed by atoms with Gasteiger partial charge in [-0.15, -0.1) is 0 Å². The van der Waals surface area contributed by atoms with Crippen LogP contribution < -0.4 is 32.0 Å². The number of benzene rings is 4. The molecule has 4 aromatic carbocycles. The molecule has 0 aromatic heterocycles. The average Bonchev–Trinajstić information content (AvgIpc) is 3.26. The van der Waals surface area contributed by atoms with E-state index in [9.17, 15) is 56.4 Å². The summed E-state index contributed by atoms with van der Waals surface area (Å²) in [7, 11) is -7.20. The third-order valence-corrected chi connectivity index (χ3v) is 14.6. The number of nitrogens with two attached hydrogens (primary N) is 3. The van der Waals surface area contributed by atoms with Crippen molar-refractivity contribution >= 4 is 99.2 Å². The monoisotopic (exact) mass is 1240 g/mol. The number of halogens is 7. The predicted octanol–water partition coefficient (Wildman–Crippen LogP) is 5.64. The molecule has 10 N–H and O–H groups in total. The molecule has 0 spiro atoms. The van der Waals surface area contributed by atoms with Crippen molar-refractivity contribution in [2.75, 3.05) is 49.9 Å². The van der Waals surface area contributed by atoms with E-state index < -0.39 is 98.8 Å². The molecule has 3 atom stereocenters. The summed E-state index contributed by atoms with van der Waals surface area (Å²) in [6.45, 7) is 6.16. The molecule has 29 heteroatoms. The van der Waals surface area contributed by atoms with Crippen LogP contribution in [-0.4, -0.2) is 107 Å². The predicted molar refractivity (Wildman–Crippen MR) is 289 cm³/mol. The van der Waals surface area contributed by atoms with Crippen LogP contribution in [0.1, 0.15) is 62.2 Å². The Bertz CT molecular complexity index is 2890. The van der Waals surface area contributed by atoms with Gasteiger partial charge in [0.2, 0.25) is 36.0 Å². The molecule has 0 fully saturated rings. The number of alkyl halides is 1. The van der Waals surface area contributed by atoms with Gasteiger partial charge in [0.05, 0.1) is 33.5 Å². The van der Waals surface area contributed by atoms with Gasteiger partial charge >= 0.3 is 0 Å². The second-order valence-electron chi connectivity index (χ2n) is 15.2. The molecule has 5 rings (SSSR count). The number of nitrogens with zero attached hydrogens (tertiary/aromatic N) is 3. The number of isothiocyanates is 1. The number of aliphatic hydroxyl groups is 1. The lowest BCUT2D eigenvalue weighted by Gasteiger charge is -2.34. The molecule has 0 radical (unpaired) electrons. The van der Waals surface area contributed by atoms with Crippen LogP contribution in [0.5, 0.6) is 0 Å². The van der Waals surface area contributed by atoms with Crippen molar-refractivity contribution in [3.63, 3.8) is 0 Å². The lowest BCUT2D eigenvalue weighted by atomic mass is 9.93. The quantitative estimate of drug-likeness (QED) is 0.0315. The Labute approximate surface area is 447 Å². The topological polar surface area (TPSA) is 282 Å². The smallest absolute Gasteiger partial charge is 0.285 e. The van der Waals surface area contributed by atoms with Crippen LogP contribution >= 0.6 is 47.0 Å². The Balaban J connectivity index is 0. The van der Waals surface area contributed by atoms with Crippen LogP contribution in [0.3, 0.4) is 0 Å². The number of nitrogens with one attached hydrogen (secondary N) is 3. The molecule has 1 aliphatic heterocycles. The van der Waals surface area contributed by atoms with E-state index in [0.717, 1.165) is 34.6 Å². The minimum atomic E-state index is -3.69. The first-order valence-electron chi connectivity index (χ1n) is 20.2. The van der Waals surface area contributed by atoms with Crippen molar-refractivity contribution < 1.29 is 61.5 Å². The highest BCUT2D eigenvalue weighted by atomic mass is 127. The first kappa shape index (κ1) is 70.4. The molecule has 1 aliphatic rings. The zero-order valence-corrected chi connectivity index (χ0v) is 46.2. The first-order valence-corrected chi connectivity index (χ1v) is 28.1. The number of carbonyl (C=O) groups is 1. The minimum Gasteiger partial charge on any atom is -0.397 e. The summed E-state index contributed by atoms with van der Waals surface area (Å²) in [4.78, 5) is 20.3. The molecule has 0 unspecified atom stereocenters. The zero-order valence-electron chi connectivity index (χ0n) is 40.0. The first-order chi connectivity index (χ1) is 33.2. The van der Waals surface area contributed by atoms with Crippen molar-refractivity contribution in [3.8, 4) is 0 Å². The molecule has 408 valence electrons. The molecule has 1 amide bonds. The van der Waals surface area contributed by atoms with Gasteiger partial charge in [0.25, 0.3) is 5.91 Å². The number of thiocarbonyl (C=S) groups is 2. The van der Waals surface area contributed by atoms with E-state index in [4.69, 9.17) is 34.5 Å². The van der Waals surface area contributed by atoms with E-state index in [1.165, 1.54) is 48.0 Å². The van der Waals surface area contributed by atoms with E-state index in [0.29, 0.717) is 23.8 Å². The van der Waals surface area contributed by atoms with Crippen LogP contribution in [0.15, 0.2) is 94.9 Å². The lowest BCUT2D eigenvalue weighted by Crippen LogP contribution is -2.52. The van der Waals surface area contributed by atoms with E-state index in [2.05, 4.69) is 59.6 Å².